The van der Waals surface area contributed by atoms with Gasteiger partial charge in [0.05, 0.1) is 6.10 Å². The van der Waals surface area contributed by atoms with Gasteiger partial charge in [-0.15, -0.1) is 0 Å². The van der Waals surface area contributed by atoms with Crippen LogP contribution in [0, 0.1) is 5.92 Å². The Morgan fingerprint density at radius 1 is 1.17 bits per heavy atom. The zero-order chi connectivity index (χ0) is 13.0. The lowest BCUT2D eigenvalue weighted by atomic mass is 9.86. The summed E-state index contributed by atoms with van der Waals surface area (Å²) in [7, 11) is 0. The van der Waals surface area contributed by atoms with Gasteiger partial charge in [0.1, 0.15) is 0 Å². The van der Waals surface area contributed by atoms with E-state index in [1.54, 1.807) is 12.1 Å². The summed E-state index contributed by atoms with van der Waals surface area (Å²) in [5.74, 6) is 0.152. The molecule has 1 saturated carbocycles. The van der Waals surface area contributed by atoms with E-state index >= 15 is 0 Å². The number of phenols is 2. The third kappa shape index (κ3) is 3.15. The summed E-state index contributed by atoms with van der Waals surface area (Å²) >= 11 is 0. The molecule has 1 aromatic carbocycles. The molecule has 1 aromatic rings. The Kier molecular flexibility index (Phi) is 4.44. The minimum Gasteiger partial charge on any atom is -0.504 e. The molecule has 0 aliphatic heterocycles. The Morgan fingerprint density at radius 2 is 1.94 bits per heavy atom. The Balaban J connectivity index is 1.83. The van der Waals surface area contributed by atoms with Gasteiger partial charge >= 0.3 is 0 Å². The second kappa shape index (κ2) is 6.07. The van der Waals surface area contributed by atoms with E-state index in [-0.39, 0.29) is 17.6 Å². The van der Waals surface area contributed by atoms with Gasteiger partial charge in [-0.3, -0.25) is 0 Å². The maximum absolute atomic E-state index is 9.84. The number of benzene rings is 1. The predicted octanol–water partition coefficient (Wildman–Crippen LogP) is 1.74. The minimum atomic E-state index is -0.205. The maximum Gasteiger partial charge on any atom is 0.161 e. The fourth-order valence-electron chi connectivity index (χ4n) is 2.54. The van der Waals surface area contributed by atoms with E-state index in [2.05, 4.69) is 5.32 Å². The Labute approximate surface area is 107 Å². The number of aromatic hydroxyl groups is 2. The van der Waals surface area contributed by atoms with Gasteiger partial charge in [-0.1, -0.05) is 25.0 Å². The van der Waals surface area contributed by atoms with Gasteiger partial charge in [0, 0.05) is 18.7 Å². The lowest BCUT2D eigenvalue weighted by Crippen LogP contribution is -2.33. The van der Waals surface area contributed by atoms with Crippen molar-refractivity contribution in [2.75, 3.05) is 6.54 Å². The van der Waals surface area contributed by atoms with Gasteiger partial charge in [0.25, 0.3) is 0 Å². The van der Waals surface area contributed by atoms with Gasteiger partial charge < -0.3 is 20.6 Å². The van der Waals surface area contributed by atoms with E-state index in [0.29, 0.717) is 18.0 Å². The van der Waals surface area contributed by atoms with E-state index in [0.717, 1.165) is 25.8 Å². The summed E-state index contributed by atoms with van der Waals surface area (Å²) in [5, 5.41) is 32.1. The molecule has 0 spiro atoms. The molecule has 18 heavy (non-hydrogen) atoms. The van der Waals surface area contributed by atoms with Gasteiger partial charge in [-0.05, 0) is 24.8 Å². The molecule has 1 aliphatic carbocycles. The first-order valence-electron chi connectivity index (χ1n) is 6.57. The molecule has 1 aliphatic rings. The molecule has 0 heterocycles. The Hall–Kier alpha value is -1.26. The average Bonchev–Trinajstić information content (AvgIpc) is 2.37. The van der Waals surface area contributed by atoms with Gasteiger partial charge in [-0.25, -0.2) is 0 Å². The van der Waals surface area contributed by atoms with Crippen molar-refractivity contribution in [1.29, 1.82) is 0 Å². The predicted molar refractivity (Wildman–Crippen MR) is 69.4 cm³/mol. The van der Waals surface area contributed by atoms with Crippen LogP contribution in [0.25, 0.3) is 0 Å². The van der Waals surface area contributed by atoms with Crippen LogP contribution >= 0.6 is 0 Å². The standard InChI is InChI=1S/C14H21NO3/c16-12-6-2-1-4-10(12)8-15-9-11-5-3-7-13(17)14(11)18/h3,5,7,10,12,15-18H,1-2,4,6,8-9H2. The van der Waals surface area contributed by atoms with Crippen molar-refractivity contribution in [3.05, 3.63) is 23.8 Å². The molecular weight excluding hydrogens is 230 g/mol. The van der Waals surface area contributed by atoms with E-state index in [9.17, 15) is 15.3 Å². The van der Waals surface area contributed by atoms with E-state index in [1.165, 1.54) is 12.5 Å². The summed E-state index contributed by atoms with van der Waals surface area (Å²) in [6.07, 6.45) is 4.04. The summed E-state index contributed by atoms with van der Waals surface area (Å²) in [5.41, 5.74) is 0.681. The van der Waals surface area contributed by atoms with Crippen LogP contribution in [0.3, 0.4) is 0 Å². The highest BCUT2D eigenvalue weighted by Gasteiger charge is 2.22. The molecule has 0 bridgehead atoms. The summed E-state index contributed by atoms with van der Waals surface area (Å²) in [6.45, 7) is 1.25. The first-order valence-corrected chi connectivity index (χ1v) is 6.57. The van der Waals surface area contributed by atoms with Crippen molar-refractivity contribution in [1.82, 2.24) is 5.32 Å². The average molecular weight is 251 g/mol. The number of nitrogens with one attached hydrogen (secondary N) is 1. The molecule has 4 heteroatoms. The van der Waals surface area contributed by atoms with Gasteiger partial charge in [0.2, 0.25) is 0 Å². The van der Waals surface area contributed by atoms with Crippen LogP contribution < -0.4 is 5.32 Å². The van der Waals surface area contributed by atoms with Crippen molar-refractivity contribution >= 4 is 0 Å². The quantitative estimate of drug-likeness (QED) is 0.615. The topological polar surface area (TPSA) is 72.7 Å². The summed E-state index contributed by atoms with van der Waals surface area (Å²) < 4.78 is 0. The fraction of sp³-hybridized carbons (Fsp3) is 0.571. The molecule has 4 nitrogen and oxygen atoms in total. The first-order chi connectivity index (χ1) is 8.68. The molecule has 2 atom stereocenters. The van der Waals surface area contributed by atoms with Crippen LogP contribution in [0.1, 0.15) is 31.2 Å². The zero-order valence-corrected chi connectivity index (χ0v) is 10.5. The monoisotopic (exact) mass is 251 g/mol. The molecule has 1 fully saturated rings. The summed E-state index contributed by atoms with van der Waals surface area (Å²) in [6, 6.07) is 4.95. The smallest absolute Gasteiger partial charge is 0.161 e. The maximum atomic E-state index is 9.84. The number of hydrogen-bond donors (Lipinski definition) is 4. The zero-order valence-electron chi connectivity index (χ0n) is 10.5. The van der Waals surface area contributed by atoms with Crippen LogP contribution in [0.2, 0.25) is 0 Å². The van der Waals surface area contributed by atoms with Crippen LogP contribution in [0.5, 0.6) is 11.5 Å². The lowest BCUT2D eigenvalue weighted by Gasteiger charge is -2.27. The van der Waals surface area contributed by atoms with Crippen LogP contribution in [0.4, 0.5) is 0 Å². The third-order valence-corrected chi connectivity index (χ3v) is 3.69. The SMILES string of the molecule is Oc1cccc(CNCC2CCCCC2O)c1O. The number of aliphatic hydroxyl groups excluding tert-OH is 1. The largest absolute Gasteiger partial charge is 0.504 e. The lowest BCUT2D eigenvalue weighted by molar-refractivity contribution is 0.0695. The molecule has 0 radical (unpaired) electrons. The van der Waals surface area contributed by atoms with Crippen molar-refractivity contribution in [2.24, 2.45) is 5.92 Å². The highest BCUT2D eigenvalue weighted by Crippen LogP contribution is 2.28. The normalized spacial score (nSPS) is 24.1. The fourth-order valence-corrected chi connectivity index (χ4v) is 2.54. The highest BCUT2D eigenvalue weighted by molar-refractivity contribution is 5.44. The van der Waals surface area contributed by atoms with Crippen molar-refractivity contribution in [3.63, 3.8) is 0 Å². The van der Waals surface area contributed by atoms with E-state index < -0.39 is 0 Å². The molecule has 100 valence electrons. The minimum absolute atomic E-state index is 0.0609. The molecule has 0 aromatic heterocycles. The van der Waals surface area contributed by atoms with Crippen molar-refractivity contribution in [2.45, 2.75) is 38.3 Å². The summed E-state index contributed by atoms with van der Waals surface area (Å²) in [4.78, 5) is 0. The van der Waals surface area contributed by atoms with E-state index in [1.807, 2.05) is 0 Å². The number of rotatable bonds is 4. The third-order valence-electron chi connectivity index (χ3n) is 3.69. The van der Waals surface area contributed by atoms with Crippen LogP contribution in [-0.2, 0) is 6.54 Å². The van der Waals surface area contributed by atoms with Gasteiger partial charge in [-0.2, -0.15) is 0 Å². The number of para-hydroxylation sites is 1. The number of hydrogen-bond acceptors (Lipinski definition) is 4. The second-order valence-electron chi connectivity index (χ2n) is 5.03. The molecule has 2 rings (SSSR count). The number of phenolic OH excluding ortho intramolecular Hbond substituents is 2. The molecule has 2 unspecified atom stereocenters. The second-order valence-corrected chi connectivity index (χ2v) is 5.03. The Bertz CT molecular complexity index is 395. The molecule has 0 amide bonds. The van der Waals surface area contributed by atoms with Crippen molar-refractivity contribution in [3.8, 4) is 11.5 Å². The van der Waals surface area contributed by atoms with Crippen molar-refractivity contribution < 1.29 is 15.3 Å². The molecular formula is C14H21NO3. The first kappa shape index (κ1) is 13.2. The Morgan fingerprint density at radius 3 is 2.72 bits per heavy atom. The highest BCUT2D eigenvalue weighted by atomic mass is 16.3. The molecule has 0 saturated heterocycles. The van der Waals surface area contributed by atoms with Crippen LogP contribution in [0.15, 0.2) is 18.2 Å². The number of aliphatic hydroxyl groups is 1. The van der Waals surface area contributed by atoms with E-state index in [4.69, 9.17) is 0 Å². The van der Waals surface area contributed by atoms with Crippen LogP contribution in [-0.4, -0.2) is 28.0 Å². The van der Waals surface area contributed by atoms with Gasteiger partial charge in [0.15, 0.2) is 11.5 Å². The molecule has 4 N–H and O–H groups in total.